The van der Waals surface area contributed by atoms with Gasteiger partial charge in [-0.3, -0.25) is 0 Å². The van der Waals surface area contributed by atoms with E-state index in [2.05, 4.69) is 12.6 Å². The van der Waals surface area contributed by atoms with Crippen molar-refractivity contribution in [2.45, 2.75) is 221 Å². The third kappa shape index (κ3) is 14.6. The zero-order valence-corrected chi connectivity index (χ0v) is 44.2. The third-order valence-corrected chi connectivity index (χ3v) is 15.4. The van der Waals surface area contributed by atoms with Gasteiger partial charge in [0.05, 0.1) is 52.9 Å². The van der Waals surface area contributed by atoms with Crippen molar-refractivity contribution >= 4 is 12.6 Å². The molecule has 0 aromatic rings. The smallest absolute Gasteiger partial charge is 0.187 e. The van der Waals surface area contributed by atoms with Crippen molar-refractivity contribution in [1.82, 2.24) is 0 Å². The lowest BCUT2D eigenvalue weighted by atomic mass is 9.95. The Morgan fingerprint density at radius 3 is 0.927 bits per heavy atom. The standard InChI is InChI=1S/C45H78O36S/c46-4-11-18(52)22(56)28(62)40(70-11)77-34-15(8-50)74-43(31(65)26(34)60)78-35-16(9-51)75-44(32(66)27(35)61)81-38-25(59)21(55)14(7-49)73-45(38)69-10-17-36(79-41-29(63)23(57)19(53)12(5-47)71-41)37(33(67)39(76-17)68-2-1-3-82)80-42-30(64)24(58)20(54)13(6-48)72-42/h11-67,82H,1-10H2/t11?,12?,13?,14?,15?,16?,17?,18-,19+,20+,21+,22?,23?,24?,25?,26?,27?,28?,29?,30?,31?,32?,33?,34-,35+,36+,37?,38?,39-,40+,41-,42-,43-,44+,45+/m0/s1. The van der Waals surface area contributed by atoms with Crippen LogP contribution in [0.15, 0.2) is 0 Å². The Morgan fingerprint density at radius 1 is 0.256 bits per heavy atom. The van der Waals surface area contributed by atoms with Crippen LogP contribution in [-0.4, -0.2) is 386 Å². The maximum absolute atomic E-state index is 11.8. The summed E-state index contributed by atoms with van der Waals surface area (Å²) in [5.41, 5.74) is 0. The second-order valence-electron chi connectivity index (χ2n) is 20.5. The molecule has 480 valence electrons. The molecule has 0 radical (unpaired) electrons. The zero-order chi connectivity index (χ0) is 60.2. The van der Waals surface area contributed by atoms with Crippen LogP contribution in [0.4, 0.5) is 0 Å². The summed E-state index contributed by atoms with van der Waals surface area (Å²) in [4.78, 5) is 0. The Hall–Kier alpha value is -1.09. The highest BCUT2D eigenvalue weighted by Gasteiger charge is 2.58. The van der Waals surface area contributed by atoms with Gasteiger partial charge in [-0.15, -0.1) is 0 Å². The Labute approximate surface area is 470 Å². The van der Waals surface area contributed by atoms with Crippen LogP contribution in [0.25, 0.3) is 0 Å². The van der Waals surface area contributed by atoms with Crippen molar-refractivity contribution in [3.05, 3.63) is 0 Å². The predicted octanol–water partition coefficient (Wildman–Crippen LogP) is -14.9. The molecule has 0 aliphatic carbocycles. The number of ether oxygens (including phenoxy) is 14. The Morgan fingerprint density at radius 2 is 0.549 bits per heavy atom. The number of rotatable bonds is 23. The van der Waals surface area contributed by atoms with Gasteiger partial charge in [-0.1, -0.05) is 0 Å². The fourth-order valence-corrected chi connectivity index (χ4v) is 10.4. The minimum Gasteiger partial charge on any atom is -0.394 e. The van der Waals surface area contributed by atoms with Crippen molar-refractivity contribution in [2.24, 2.45) is 0 Å². The minimum atomic E-state index is -2.29. The molecule has 7 saturated heterocycles. The van der Waals surface area contributed by atoms with Crippen LogP contribution < -0.4 is 0 Å². The van der Waals surface area contributed by atoms with Gasteiger partial charge in [0.1, 0.15) is 171 Å². The van der Waals surface area contributed by atoms with E-state index in [1.165, 1.54) is 0 Å². The summed E-state index contributed by atoms with van der Waals surface area (Å²) in [6.45, 7) is -6.91. The normalized spacial score (nSPS) is 51.5. The van der Waals surface area contributed by atoms with E-state index < -0.39 is 261 Å². The van der Waals surface area contributed by atoms with Crippen molar-refractivity contribution in [3.63, 3.8) is 0 Å². The molecule has 21 unspecified atom stereocenters. The lowest BCUT2D eigenvalue weighted by molar-refractivity contribution is -0.399. The molecule has 36 nitrogen and oxygen atoms in total. The number of thiol groups is 1. The van der Waals surface area contributed by atoms with E-state index in [4.69, 9.17) is 66.3 Å². The molecule has 22 N–H and O–H groups in total. The van der Waals surface area contributed by atoms with Crippen molar-refractivity contribution < 1.29 is 179 Å². The maximum Gasteiger partial charge on any atom is 0.187 e. The fraction of sp³-hybridized carbons (Fsp3) is 1.00. The van der Waals surface area contributed by atoms with E-state index >= 15 is 0 Å². The molecule has 37 heteroatoms. The molecule has 0 spiro atoms. The van der Waals surface area contributed by atoms with Crippen LogP contribution in [0, 0.1) is 0 Å². The monoisotopic (exact) mass is 1230 g/mol. The van der Waals surface area contributed by atoms with E-state index in [1.54, 1.807) is 0 Å². The average Bonchev–Trinajstić information content (AvgIpc) is 3.56. The van der Waals surface area contributed by atoms with Gasteiger partial charge < -0.3 is 179 Å². The van der Waals surface area contributed by atoms with Gasteiger partial charge in [0, 0.05) is 0 Å². The molecule has 0 amide bonds. The van der Waals surface area contributed by atoms with Crippen LogP contribution >= 0.6 is 12.6 Å². The summed E-state index contributed by atoms with van der Waals surface area (Å²) < 4.78 is 80.8. The van der Waals surface area contributed by atoms with Gasteiger partial charge in [-0.25, -0.2) is 0 Å². The lowest BCUT2D eigenvalue weighted by Crippen LogP contribution is -2.68. The first-order valence-electron chi connectivity index (χ1n) is 26.2. The van der Waals surface area contributed by atoms with E-state index in [1.807, 2.05) is 0 Å². The fourth-order valence-electron chi connectivity index (χ4n) is 10.3. The summed E-state index contributed by atoms with van der Waals surface area (Å²) in [6, 6.07) is 0. The molecule has 0 aromatic heterocycles. The SMILES string of the molecule is OCC1O[C@@H](OC2C(O)[C@@H](OCCCS)OC(CO[C@@H]3OC(CO)[C@@H](O)C(O)C3O[C@H]3OC(CO)[C@@H](O[C@@H]4OC(CO)[C@H](O[C@H]5OC(CO)[C@H](O)C(O)C5O)C(O)C4O)C(O)C3O)[C@H]2O[C@@H]2OC(CO)[C@@H](O)C(O)C2O)C(O)C(O)[C@@H]1O. The molecule has 7 heterocycles. The number of aliphatic hydroxyl groups excluding tert-OH is 22. The molecule has 82 heavy (non-hydrogen) atoms. The van der Waals surface area contributed by atoms with Gasteiger partial charge >= 0.3 is 0 Å². The first kappa shape index (κ1) is 68.4. The van der Waals surface area contributed by atoms with E-state index in [9.17, 15) is 112 Å². The molecule has 0 aromatic carbocycles. The molecule has 7 aliphatic heterocycles. The summed E-state index contributed by atoms with van der Waals surface area (Å²) in [5, 5.41) is 235. The summed E-state index contributed by atoms with van der Waals surface area (Å²) in [6.07, 6.45) is -67.7. The first-order valence-corrected chi connectivity index (χ1v) is 26.9. The highest BCUT2D eigenvalue weighted by Crippen LogP contribution is 2.38. The number of aliphatic hydroxyl groups is 22. The maximum atomic E-state index is 11.8. The van der Waals surface area contributed by atoms with Crippen LogP contribution in [0.2, 0.25) is 0 Å². The molecular weight excluding hydrogens is 1150 g/mol. The van der Waals surface area contributed by atoms with Crippen LogP contribution in [0.1, 0.15) is 6.42 Å². The van der Waals surface area contributed by atoms with E-state index in [-0.39, 0.29) is 18.8 Å². The second-order valence-corrected chi connectivity index (χ2v) is 21.0. The summed E-state index contributed by atoms with van der Waals surface area (Å²) in [5.74, 6) is 0.260. The predicted molar refractivity (Wildman–Crippen MR) is 254 cm³/mol. The molecule has 0 saturated carbocycles. The van der Waals surface area contributed by atoms with Gasteiger partial charge in [0.25, 0.3) is 0 Å². The summed E-state index contributed by atoms with van der Waals surface area (Å²) >= 11 is 4.16. The van der Waals surface area contributed by atoms with E-state index in [0.717, 1.165) is 0 Å². The topological polar surface area (TPSA) is 574 Å². The molecule has 7 aliphatic rings. The molecule has 7 rings (SSSR count). The van der Waals surface area contributed by atoms with Crippen LogP contribution in [-0.2, 0) is 66.3 Å². The molecule has 35 atom stereocenters. The highest BCUT2D eigenvalue weighted by molar-refractivity contribution is 7.80. The zero-order valence-electron chi connectivity index (χ0n) is 43.3. The van der Waals surface area contributed by atoms with E-state index in [0.29, 0.717) is 0 Å². The van der Waals surface area contributed by atoms with Gasteiger partial charge in [0.15, 0.2) is 44.0 Å². The molecular formula is C45H78O36S. The molecule has 0 bridgehead atoms. The highest BCUT2D eigenvalue weighted by atomic mass is 32.1. The Bertz CT molecular complexity index is 1890. The number of hydrogen-bond acceptors (Lipinski definition) is 37. The van der Waals surface area contributed by atoms with Crippen molar-refractivity contribution in [1.29, 1.82) is 0 Å². The molecule has 7 fully saturated rings. The van der Waals surface area contributed by atoms with Crippen molar-refractivity contribution in [2.75, 3.05) is 58.6 Å². The summed E-state index contributed by atoms with van der Waals surface area (Å²) in [7, 11) is 0. The lowest BCUT2D eigenvalue weighted by Gasteiger charge is -2.50. The Balaban J connectivity index is 1.11. The quantitative estimate of drug-likeness (QED) is 0.0334. The third-order valence-electron chi connectivity index (χ3n) is 15.1. The number of hydrogen-bond donors (Lipinski definition) is 23. The largest absolute Gasteiger partial charge is 0.394 e. The van der Waals surface area contributed by atoms with Gasteiger partial charge in [0.2, 0.25) is 0 Å². The Kier molecular flexibility index (Phi) is 25.4. The van der Waals surface area contributed by atoms with Crippen molar-refractivity contribution in [3.8, 4) is 0 Å². The van der Waals surface area contributed by atoms with Crippen LogP contribution in [0.5, 0.6) is 0 Å². The minimum absolute atomic E-state index is 0.159. The average molecular weight is 1230 g/mol. The van der Waals surface area contributed by atoms with Gasteiger partial charge in [-0.05, 0) is 12.2 Å². The van der Waals surface area contributed by atoms with Crippen LogP contribution in [0.3, 0.4) is 0 Å². The van der Waals surface area contributed by atoms with Gasteiger partial charge in [-0.2, -0.15) is 12.6 Å². The second kappa shape index (κ2) is 30.4. The first-order chi connectivity index (χ1) is 39.0.